The highest BCUT2D eigenvalue weighted by Crippen LogP contribution is 2.18. The minimum atomic E-state index is -0.366. The number of rotatable bonds is 4. The molecule has 1 saturated heterocycles. The van der Waals surface area contributed by atoms with Crippen LogP contribution in [0.5, 0.6) is 0 Å². The van der Waals surface area contributed by atoms with E-state index >= 15 is 0 Å². The predicted octanol–water partition coefficient (Wildman–Crippen LogP) is 2.24. The van der Waals surface area contributed by atoms with Gasteiger partial charge in [0.05, 0.1) is 11.6 Å². The van der Waals surface area contributed by atoms with Crippen LogP contribution in [0.2, 0.25) is 5.02 Å². The summed E-state index contributed by atoms with van der Waals surface area (Å²) in [5.41, 5.74) is 0.731. The van der Waals surface area contributed by atoms with Crippen LogP contribution in [-0.2, 0) is 7.05 Å². The fraction of sp³-hybridized carbons (Fsp3) is 0.389. The van der Waals surface area contributed by atoms with Crippen molar-refractivity contribution in [1.29, 1.82) is 0 Å². The van der Waals surface area contributed by atoms with Crippen LogP contribution in [0, 0.1) is 5.82 Å². The van der Waals surface area contributed by atoms with E-state index in [2.05, 4.69) is 5.10 Å². The van der Waals surface area contributed by atoms with Crippen molar-refractivity contribution < 1.29 is 14.0 Å². The van der Waals surface area contributed by atoms with Gasteiger partial charge in [-0.25, -0.2) is 4.39 Å². The van der Waals surface area contributed by atoms with Crippen LogP contribution in [0.3, 0.4) is 0 Å². The van der Waals surface area contributed by atoms with Crippen LogP contribution >= 0.6 is 11.6 Å². The molecule has 0 unspecified atom stereocenters. The van der Waals surface area contributed by atoms with Crippen molar-refractivity contribution in [1.82, 2.24) is 19.6 Å². The first-order valence-electron chi connectivity index (χ1n) is 8.36. The largest absolute Gasteiger partial charge is 0.334 e. The van der Waals surface area contributed by atoms with E-state index in [1.807, 2.05) is 11.8 Å². The lowest BCUT2D eigenvalue weighted by atomic mass is 10.1. The maximum absolute atomic E-state index is 13.0. The highest BCUT2D eigenvalue weighted by atomic mass is 35.5. The molecule has 1 aliphatic rings. The van der Waals surface area contributed by atoms with E-state index < -0.39 is 0 Å². The number of hydrogen-bond donors (Lipinski definition) is 0. The molecule has 1 fully saturated rings. The summed E-state index contributed by atoms with van der Waals surface area (Å²) in [4.78, 5) is 28.7. The van der Waals surface area contributed by atoms with Crippen molar-refractivity contribution in [2.24, 2.45) is 7.05 Å². The number of halogens is 2. The van der Waals surface area contributed by atoms with E-state index in [4.69, 9.17) is 11.6 Å². The number of aromatic nitrogens is 2. The second kappa shape index (κ2) is 7.55. The van der Waals surface area contributed by atoms with Gasteiger partial charge in [0.25, 0.3) is 5.91 Å². The molecule has 1 atom stereocenters. The van der Waals surface area contributed by atoms with E-state index in [1.165, 1.54) is 28.9 Å². The van der Waals surface area contributed by atoms with Gasteiger partial charge in [-0.15, -0.1) is 0 Å². The van der Waals surface area contributed by atoms with Gasteiger partial charge < -0.3 is 4.90 Å². The molecule has 1 aliphatic heterocycles. The lowest BCUT2D eigenvalue weighted by Gasteiger charge is -2.39. The van der Waals surface area contributed by atoms with Crippen LogP contribution in [0.15, 0.2) is 30.5 Å². The predicted molar refractivity (Wildman–Crippen MR) is 95.9 cm³/mol. The average molecular weight is 379 g/mol. The Morgan fingerprint density at radius 1 is 1.27 bits per heavy atom. The second-order valence-corrected chi connectivity index (χ2v) is 6.91. The number of amides is 1. The molecule has 0 bridgehead atoms. The van der Waals surface area contributed by atoms with Gasteiger partial charge in [-0.1, -0.05) is 11.6 Å². The number of aryl methyl sites for hydroxylation is 1. The molecule has 1 aromatic carbocycles. The smallest absolute Gasteiger partial charge is 0.276 e. The van der Waals surface area contributed by atoms with Crippen LogP contribution in [0.4, 0.5) is 4.39 Å². The Kier molecular flexibility index (Phi) is 5.38. The molecule has 0 saturated carbocycles. The van der Waals surface area contributed by atoms with E-state index in [9.17, 15) is 14.0 Å². The molecule has 2 aromatic rings. The number of ketones is 1. The molecule has 1 amide bonds. The summed E-state index contributed by atoms with van der Waals surface area (Å²) in [6.45, 7) is 3.76. The third-order valence-corrected chi connectivity index (χ3v) is 4.83. The third kappa shape index (κ3) is 3.94. The topological polar surface area (TPSA) is 58.4 Å². The fourth-order valence-electron chi connectivity index (χ4n) is 3.08. The first-order valence-corrected chi connectivity index (χ1v) is 8.74. The van der Waals surface area contributed by atoms with Gasteiger partial charge in [-0.05, 0) is 31.2 Å². The van der Waals surface area contributed by atoms with E-state index in [0.29, 0.717) is 30.2 Å². The number of piperazine rings is 1. The molecule has 0 radical (unpaired) electrons. The number of carbonyl (C=O) groups excluding carboxylic acids is 2. The first-order chi connectivity index (χ1) is 12.3. The zero-order valence-electron chi connectivity index (χ0n) is 14.7. The Morgan fingerprint density at radius 3 is 2.54 bits per heavy atom. The van der Waals surface area contributed by atoms with Crippen molar-refractivity contribution in [3.63, 3.8) is 0 Å². The van der Waals surface area contributed by atoms with Crippen LogP contribution in [-0.4, -0.2) is 63.5 Å². The highest BCUT2D eigenvalue weighted by Gasteiger charge is 2.30. The van der Waals surface area contributed by atoms with E-state index in [0.717, 1.165) is 0 Å². The summed E-state index contributed by atoms with van der Waals surface area (Å²) in [5, 5.41) is 4.45. The highest BCUT2D eigenvalue weighted by molar-refractivity contribution is 6.33. The molecule has 2 heterocycles. The third-order valence-electron chi connectivity index (χ3n) is 4.55. The average Bonchev–Trinajstić information content (AvgIpc) is 2.94. The molecular formula is C18H20ClFN4O2. The zero-order chi connectivity index (χ0) is 18.8. The van der Waals surface area contributed by atoms with Crippen molar-refractivity contribution in [2.45, 2.75) is 13.0 Å². The van der Waals surface area contributed by atoms with Gasteiger partial charge in [-0.3, -0.25) is 19.2 Å². The Balaban J connectivity index is 1.61. The van der Waals surface area contributed by atoms with Gasteiger partial charge in [0.15, 0.2) is 11.5 Å². The van der Waals surface area contributed by atoms with Gasteiger partial charge in [0.2, 0.25) is 0 Å². The van der Waals surface area contributed by atoms with Gasteiger partial charge in [0.1, 0.15) is 5.82 Å². The normalized spacial score (nSPS) is 18.2. The molecule has 26 heavy (non-hydrogen) atoms. The molecule has 3 rings (SSSR count). The van der Waals surface area contributed by atoms with Crippen molar-refractivity contribution in [3.05, 3.63) is 52.6 Å². The maximum atomic E-state index is 13.0. The Bertz CT molecular complexity index is 821. The summed E-state index contributed by atoms with van der Waals surface area (Å²) in [5.74, 6) is -0.633. The second-order valence-electron chi connectivity index (χ2n) is 6.50. The number of nitrogens with zero attached hydrogens (tertiary/aromatic N) is 4. The zero-order valence-corrected chi connectivity index (χ0v) is 15.4. The first kappa shape index (κ1) is 18.5. The van der Waals surface area contributed by atoms with Gasteiger partial charge in [-0.2, -0.15) is 5.10 Å². The summed E-state index contributed by atoms with van der Waals surface area (Å²) in [7, 11) is 1.71. The minimum Gasteiger partial charge on any atom is -0.334 e. The minimum absolute atomic E-state index is 0.0135. The monoisotopic (exact) mass is 378 g/mol. The Morgan fingerprint density at radius 2 is 1.96 bits per heavy atom. The van der Waals surface area contributed by atoms with Crippen LogP contribution < -0.4 is 0 Å². The quantitative estimate of drug-likeness (QED) is 0.766. The SMILES string of the molecule is C[C@H]1CN(C(=O)c2nn(C)cc2Cl)CCN1CC(=O)c1ccc(F)cc1. The van der Waals surface area contributed by atoms with Crippen LogP contribution in [0.1, 0.15) is 27.8 Å². The number of benzene rings is 1. The molecule has 138 valence electrons. The number of hydrogen-bond acceptors (Lipinski definition) is 4. The molecule has 1 aromatic heterocycles. The van der Waals surface area contributed by atoms with Crippen molar-refractivity contribution in [2.75, 3.05) is 26.2 Å². The Hall–Kier alpha value is -2.25. The summed E-state index contributed by atoms with van der Waals surface area (Å²) in [6, 6.07) is 5.56. The van der Waals surface area contributed by atoms with E-state index in [1.54, 1.807) is 18.1 Å². The summed E-state index contributed by atoms with van der Waals surface area (Å²) in [6.07, 6.45) is 1.59. The standard InChI is InChI=1S/C18H20ClFN4O2/c1-12-9-24(18(26)17-15(19)10-22(2)21-17)8-7-23(12)11-16(25)13-3-5-14(20)6-4-13/h3-6,10,12H,7-9,11H2,1-2H3/t12-/m0/s1. The van der Waals surface area contributed by atoms with E-state index in [-0.39, 0.29) is 35.8 Å². The lowest BCUT2D eigenvalue weighted by molar-refractivity contribution is 0.0497. The van der Waals surface area contributed by atoms with Crippen molar-refractivity contribution >= 4 is 23.3 Å². The lowest BCUT2D eigenvalue weighted by Crippen LogP contribution is -2.54. The Labute approximate surface area is 156 Å². The molecule has 0 aliphatic carbocycles. The van der Waals surface area contributed by atoms with Gasteiger partial charge in [0, 0.05) is 44.5 Å². The van der Waals surface area contributed by atoms with Crippen LogP contribution in [0.25, 0.3) is 0 Å². The summed E-state index contributed by atoms with van der Waals surface area (Å²) < 4.78 is 14.5. The number of carbonyl (C=O) groups is 2. The fourth-order valence-corrected chi connectivity index (χ4v) is 3.34. The number of Topliss-reactive ketones (excluding diaryl/α,β-unsaturated/α-hetero) is 1. The molecule has 8 heteroatoms. The molecule has 6 nitrogen and oxygen atoms in total. The molecule has 0 N–H and O–H groups in total. The maximum Gasteiger partial charge on any atom is 0.276 e. The molecule has 0 spiro atoms. The molecular weight excluding hydrogens is 359 g/mol. The van der Waals surface area contributed by atoms with Crippen molar-refractivity contribution in [3.8, 4) is 0 Å². The summed E-state index contributed by atoms with van der Waals surface area (Å²) >= 11 is 6.06. The van der Waals surface area contributed by atoms with Gasteiger partial charge >= 0.3 is 0 Å².